The van der Waals surface area contributed by atoms with Crippen molar-refractivity contribution in [1.29, 1.82) is 5.26 Å². The zero-order chi connectivity index (χ0) is 17.6. The maximum atomic E-state index is 9.15. The second-order valence-electron chi connectivity index (χ2n) is 8.18. The van der Waals surface area contributed by atoms with Crippen LogP contribution < -0.4 is 0 Å². The zero-order valence-corrected chi connectivity index (χ0v) is 18.1. The first-order valence-electron chi connectivity index (χ1n) is 8.52. The first-order valence-corrected chi connectivity index (χ1v) is 14.2. The monoisotopic (exact) mass is 337 g/mol. The molecule has 4 heteroatoms. The van der Waals surface area contributed by atoms with Crippen molar-refractivity contribution in [3.05, 3.63) is 0 Å². The van der Waals surface area contributed by atoms with Gasteiger partial charge in [0.05, 0.1) is 18.6 Å². The maximum absolute atomic E-state index is 9.15. The highest BCUT2D eigenvalue weighted by molar-refractivity contribution is 6.83. The molecule has 1 atom stereocenters. The van der Waals surface area contributed by atoms with Crippen LogP contribution in [0.2, 0.25) is 36.3 Å². The van der Waals surface area contributed by atoms with Crippen molar-refractivity contribution in [2.45, 2.75) is 96.8 Å². The largest absolute Gasteiger partial charge is 0.411 e. The Bertz CT molecular complexity index is 411. The van der Waals surface area contributed by atoms with E-state index in [-0.39, 0.29) is 6.10 Å². The summed E-state index contributed by atoms with van der Waals surface area (Å²) in [7, 11) is -3.29. The van der Waals surface area contributed by atoms with E-state index >= 15 is 0 Å². The summed E-state index contributed by atoms with van der Waals surface area (Å²) in [5.41, 5.74) is 5.02. The number of nitriles is 1. The van der Waals surface area contributed by atoms with Gasteiger partial charge in [-0.15, -0.1) is 11.5 Å². The highest BCUT2D eigenvalue weighted by Gasteiger charge is 2.46. The smallest absolute Gasteiger partial charge is 0.200 e. The van der Waals surface area contributed by atoms with Crippen LogP contribution in [0.4, 0.5) is 0 Å². The molecule has 0 bridgehead atoms. The second-order valence-corrected chi connectivity index (χ2v) is 18.3. The van der Waals surface area contributed by atoms with Crippen molar-refractivity contribution in [2.24, 2.45) is 0 Å². The van der Waals surface area contributed by atoms with Gasteiger partial charge >= 0.3 is 0 Å². The molecule has 2 nitrogen and oxygen atoms in total. The summed E-state index contributed by atoms with van der Waals surface area (Å²) in [4.78, 5) is 0. The summed E-state index contributed by atoms with van der Waals surface area (Å²) < 4.78 is 6.71. The van der Waals surface area contributed by atoms with Gasteiger partial charge in [0.1, 0.15) is 8.07 Å². The van der Waals surface area contributed by atoms with Gasteiger partial charge in [0.15, 0.2) is 0 Å². The summed E-state index contributed by atoms with van der Waals surface area (Å²) in [5, 5.41) is 9.15. The maximum Gasteiger partial charge on any atom is 0.200 e. The minimum absolute atomic E-state index is 0.0345. The Labute approximate surface area is 140 Å². The van der Waals surface area contributed by atoms with E-state index in [0.717, 1.165) is 0 Å². The van der Waals surface area contributed by atoms with Crippen molar-refractivity contribution in [1.82, 2.24) is 0 Å². The first-order chi connectivity index (χ1) is 9.97. The highest BCUT2D eigenvalue weighted by Crippen LogP contribution is 2.43. The molecule has 0 aromatic rings. The van der Waals surface area contributed by atoms with Crippen LogP contribution in [0, 0.1) is 22.8 Å². The predicted octanol–water partition coefficient (Wildman–Crippen LogP) is 5.73. The molecule has 126 valence electrons. The van der Waals surface area contributed by atoms with Crippen LogP contribution >= 0.6 is 0 Å². The van der Waals surface area contributed by atoms with Crippen molar-refractivity contribution in [3.63, 3.8) is 0 Å². The number of hydrogen-bond donors (Lipinski definition) is 0. The van der Waals surface area contributed by atoms with E-state index in [1.54, 1.807) is 0 Å². The van der Waals surface area contributed by atoms with Gasteiger partial charge in [0.2, 0.25) is 8.32 Å². The molecule has 0 amide bonds. The van der Waals surface area contributed by atoms with Gasteiger partial charge in [0, 0.05) is 6.42 Å². The summed E-state index contributed by atoms with van der Waals surface area (Å²) in [6.07, 6.45) is 1.10. The van der Waals surface area contributed by atoms with Crippen LogP contribution in [0.15, 0.2) is 0 Å². The lowest BCUT2D eigenvalue weighted by Gasteiger charge is -2.44. The van der Waals surface area contributed by atoms with Crippen LogP contribution in [0.3, 0.4) is 0 Å². The lowest BCUT2D eigenvalue weighted by molar-refractivity contribution is 0.182. The lowest BCUT2D eigenvalue weighted by atomic mass is 10.2. The lowest BCUT2D eigenvalue weighted by Crippen LogP contribution is -2.50. The molecule has 0 N–H and O–H groups in total. The normalized spacial score (nSPS) is 14.0. The average Bonchev–Trinajstić information content (AvgIpc) is 2.32. The standard InChI is InChI=1S/C18H35NOSi2/c1-15(2)22(16(3)4,17(5)6)20-18(12-13-19)11-10-14-21(7,8)9/h15-18H,11-12H2,1-9H3/t18-/m0/s1. The topological polar surface area (TPSA) is 33.0 Å². The van der Waals surface area contributed by atoms with Gasteiger partial charge in [-0.1, -0.05) is 61.2 Å². The number of nitrogens with zero attached hydrogens (tertiary/aromatic N) is 1. The molecule has 0 unspecified atom stereocenters. The molecule has 0 aliphatic carbocycles. The van der Waals surface area contributed by atoms with Crippen LogP contribution in [-0.4, -0.2) is 22.5 Å². The first kappa shape index (κ1) is 21.4. The van der Waals surface area contributed by atoms with Gasteiger partial charge in [0.25, 0.3) is 0 Å². The Balaban J connectivity index is 5.32. The van der Waals surface area contributed by atoms with Crippen LogP contribution in [0.5, 0.6) is 0 Å². The van der Waals surface area contributed by atoms with Crippen molar-refractivity contribution in [2.75, 3.05) is 0 Å². The van der Waals surface area contributed by atoms with E-state index in [1.165, 1.54) is 0 Å². The molecular weight excluding hydrogens is 302 g/mol. The Morgan fingerprint density at radius 1 is 0.864 bits per heavy atom. The fourth-order valence-corrected chi connectivity index (χ4v) is 9.58. The van der Waals surface area contributed by atoms with Gasteiger partial charge in [-0.2, -0.15) is 5.26 Å². The summed E-state index contributed by atoms with van der Waals surface area (Å²) in [5.74, 6) is 3.31. The van der Waals surface area contributed by atoms with E-state index in [0.29, 0.717) is 29.5 Å². The Hall–Kier alpha value is -0.556. The predicted molar refractivity (Wildman–Crippen MR) is 102 cm³/mol. The molecule has 0 fully saturated rings. The van der Waals surface area contributed by atoms with E-state index in [2.05, 4.69) is 78.7 Å². The molecule has 0 radical (unpaired) electrons. The number of rotatable bonds is 7. The molecule has 0 aromatic carbocycles. The molecule has 0 spiro atoms. The molecular formula is C18H35NOSi2. The van der Waals surface area contributed by atoms with Gasteiger partial charge in [-0.05, 0) is 16.6 Å². The molecule has 0 aliphatic heterocycles. The van der Waals surface area contributed by atoms with E-state index in [9.17, 15) is 0 Å². The minimum Gasteiger partial charge on any atom is -0.411 e. The SMILES string of the molecule is CC(C)[Si](O[C@H](CC#N)CC#C[Si](C)(C)C)(C(C)C)C(C)C. The second kappa shape index (κ2) is 8.92. The summed E-state index contributed by atoms with van der Waals surface area (Å²) in [6, 6.07) is 2.30. The summed E-state index contributed by atoms with van der Waals surface area (Å²) >= 11 is 0. The summed E-state index contributed by atoms with van der Waals surface area (Å²) in [6.45, 7) is 20.4. The van der Waals surface area contributed by atoms with Gasteiger partial charge < -0.3 is 4.43 Å². The zero-order valence-electron chi connectivity index (χ0n) is 16.1. The van der Waals surface area contributed by atoms with Gasteiger partial charge in [-0.3, -0.25) is 0 Å². The van der Waals surface area contributed by atoms with Crippen molar-refractivity contribution < 1.29 is 4.43 Å². The molecule has 0 heterocycles. The van der Waals surface area contributed by atoms with Crippen molar-refractivity contribution in [3.8, 4) is 17.5 Å². The molecule has 0 aromatic heterocycles. The molecule has 0 saturated carbocycles. The Morgan fingerprint density at radius 3 is 1.64 bits per heavy atom. The quantitative estimate of drug-likeness (QED) is 0.439. The van der Waals surface area contributed by atoms with Crippen LogP contribution in [0.25, 0.3) is 0 Å². The molecule has 22 heavy (non-hydrogen) atoms. The Morgan fingerprint density at radius 2 is 1.32 bits per heavy atom. The average molecular weight is 338 g/mol. The van der Waals surface area contributed by atoms with Gasteiger partial charge in [-0.25, -0.2) is 0 Å². The van der Waals surface area contributed by atoms with Crippen molar-refractivity contribution >= 4 is 16.4 Å². The van der Waals surface area contributed by atoms with Crippen LogP contribution in [0.1, 0.15) is 54.4 Å². The third-order valence-electron chi connectivity index (χ3n) is 4.19. The Kier molecular flexibility index (Phi) is 8.69. The molecule has 0 aliphatic rings. The highest BCUT2D eigenvalue weighted by atomic mass is 28.4. The van der Waals surface area contributed by atoms with Crippen LogP contribution in [-0.2, 0) is 4.43 Å². The van der Waals surface area contributed by atoms with E-state index in [4.69, 9.17) is 9.69 Å². The fraction of sp³-hybridized carbons (Fsp3) is 0.833. The third-order valence-corrected chi connectivity index (χ3v) is 11.3. The fourth-order valence-electron chi connectivity index (χ4n) is 3.38. The minimum atomic E-state index is -1.93. The third kappa shape index (κ3) is 6.28. The number of hydrogen-bond acceptors (Lipinski definition) is 2. The molecule has 0 rings (SSSR count). The van der Waals surface area contributed by atoms with E-state index < -0.39 is 16.4 Å². The molecule has 0 saturated heterocycles. The van der Waals surface area contributed by atoms with E-state index in [1.807, 2.05) is 0 Å².